The van der Waals surface area contributed by atoms with E-state index < -0.39 is 38.4 Å². The quantitative estimate of drug-likeness (QED) is 0.313. The predicted molar refractivity (Wildman–Crippen MR) is 119 cm³/mol. The lowest BCUT2D eigenvalue weighted by Gasteiger charge is -2.47. The highest BCUT2D eigenvalue weighted by molar-refractivity contribution is 8.06. The number of thioether (sulfide) groups is 2. The van der Waals surface area contributed by atoms with E-state index in [1.54, 1.807) is 26.0 Å². The molecule has 172 valence electrons. The third-order valence-corrected chi connectivity index (χ3v) is 10.5. The molecule has 33 heavy (non-hydrogen) atoms. The minimum absolute atomic E-state index is 0.182. The van der Waals surface area contributed by atoms with E-state index in [0.29, 0.717) is 21.2 Å². The minimum atomic E-state index is -5.58. The average molecular weight is 499 g/mol. The summed E-state index contributed by atoms with van der Waals surface area (Å²) in [5.74, 6) is -15.7. The number of allylic oxidation sites excluding steroid dienone is 2. The van der Waals surface area contributed by atoms with Crippen molar-refractivity contribution < 1.29 is 26.3 Å². The number of fused-ring (bicyclic) bond motifs is 8. The third-order valence-electron chi connectivity index (χ3n) is 7.21. The van der Waals surface area contributed by atoms with Crippen molar-refractivity contribution in [2.45, 2.75) is 50.9 Å². The number of benzene rings is 2. The molecule has 0 radical (unpaired) electrons. The van der Waals surface area contributed by atoms with Crippen LogP contribution in [0.1, 0.15) is 25.0 Å². The lowest BCUT2D eigenvalue weighted by Crippen LogP contribution is -2.47. The molecule has 2 aromatic rings. The fourth-order valence-corrected chi connectivity index (χ4v) is 8.82. The summed E-state index contributed by atoms with van der Waals surface area (Å²) < 4.78 is 88.6. The number of nitrogens with two attached hydrogens (primary N) is 2. The first-order valence-corrected chi connectivity index (χ1v) is 11.6. The Balaban J connectivity index is 1.83. The van der Waals surface area contributed by atoms with Gasteiger partial charge in [-0.3, -0.25) is 0 Å². The Morgan fingerprint density at radius 1 is 0.606 bits per heavy atom. The highest BCUT2D eigenvalue weighted by atomic mass is 32.2. The topological polar surface area (TPSA) is 52.0 Å². The second-order valence-electron chi connectivity index (χ2n) is 9.00. The summed E-state index contributed by atoms with van der Waals surface area (Å²) in [6.45, 7) is 3.31. The molecule has 0 bridgehead atoms. The van der Waals surface area contributed by atoms with Gasteiger partial charge in [0.2, 0.25) is 0 Å². The average Bonchev–Trinajstić information content (AvgIpc) is 3.20. The van der Waals surface area contributed by atoms with Crippen LogP contribution in [-0.4, -0.2) is 27.3 Å². The summed E-state index contributed by atoms with van der Waals surface area (Å²) in [6, 6.07) is 8.95. The molecule has 1 fully saturated rings. The smallest absolute Gasteiger partial charge is 0.380 e. The molecule has 0 spiro atoms. The van der Waals surface area contributed by atoms with Gasteiger partial charge in [-0.2, -0.15) is 26.3 Å². The fourth-order valence-electron chi connectivity index (χ4n) is 5.52. The van der Waals surface area contributed by atoms with Gasteiger partial charge in [-0.1, -0.05) is 12.1 Å². The standard InChI is InChI=1S/C23H16F6N2S2/c1-19-15(11-5-3-9(30)7-13(11)32-19)17-18(22(26,27)23(28,29)21(17,24)25)16-12-6-4-10(31)8-14(12)33-20(16,19)2/h3-8H,30-31H2,1-2H3. The monoisotopic (exact) mass is 498 g/mol. The summed E-state index contributed by atoms with van der Waals surface area (Å²) >= 11 is 2.38. The molecular weight excluding hydrogens is 482 g/mol. The van der Waals surface area contributed by atoms with Crippen LogP contribution in [0.15, 0.2) is 57.3 Å². The number of hydrogen-bond donors (Lipinski definition) is 2. The van der Waals surface area contributed by atoms with Crippen LogP contribution in [0.4, 0.5) is 37.7 Å². The van der Waals surface area contributed by atoms with Crippen molar-refractivity contribution in [3.63, 3.8) is 0 Å². The van der Waals surface area contributed by atoms with Gasteiger partial charge in [0.15, 0.2) is 0 Å². The molecule has 4 N–H and O–H groups in total. The van der Waals surface area contributed by atoms with Gasteiger partial charge in [-0.05, 0) is 60.4 Å². The first-order chi connectivity index (χ1) is 15.2. The van der Waals surface area contributed by atoms with Crippen molar-refractivity contribution in [1.29, 1.82) is 0 Å². The third kappa shape index (κ3) is 2.10. The SMILES string of the molecule is CC12Sc3cc(N)ccc3C1=C1C(=C3c4ccc(N)cc4SC32C)C(F)(F)C(F)(F)C1(F)F. The maximum Gasteiger partial charge on any atom is 0.380 e. The van der Waals surface area contributed by atoms with Gasteiger partial charge in [0.1, 0.15) is 0 Å². The van der Waals surface area contributed by atoms with Gasteiger partial charge in [-0.15, -0.1) is 23.5 Å². The Hall–Kier alpha value is -2.20. The minimum Gasteiger partial charge on any atom is -0.399 e. The summed E-state index contributed by atoms with van der Waals surface area (Å²) in [7, 11) is 0. The fraction of sp³-hybridized carbons (Fsp3) is 0.304. The van der Waals surface area contributed by atoms with E-state index in [1.165, 1.54) is 47.8 Å². The number of rotatable bonds is 0. The molecule has 2 atom stereocenters. The predicted octanol–water partition coefficient (Wildman–Crippen LogP) is 6.72. The van der Waals surface area contributed by atoms with E-state index in [-0.39, 0.29) is 22.3 Å². The zero-order chi connectivity index (χ0) is 23.9. The molecule has 0 amide bonds. The van der Waals surface area contributed by atoms with E-state index in [9.17, 15) is 8.78 Å². The largest absolute Gasteiger partial charge is 0.399 e. The summed E-state index contributed by atoms with van der Waals surface area (Å²) in [5, 5.41) is 0. The summed E-state index contributed by atoms with van der Waals surface area (Å²) in [6.07, 6.45) is 0. The van der Waals surface area contributed by atoms with Gasteiger partial charge in [0, 0.05) is 32.3 Å². The normalized spacial score (nSPS) is 31.8. The van der Waals surface area contributed by atoms with Crippen LogP contribution in [-0.2, 0) is 0 Å². The maximum absolute atomic E-state index is 15.4. The van der Waals surface area contributed by atoms with Crippen LogP contribution in [0.25, 0.3) is 11.1 Å². The molecule has 0 aromatic heterocycles. The van der Waals surface area contributed by atoms with E-state index in [1.807, 2.05) is 0 Å². The highest BCUT2D eigenvalue weighted by Gasteiger charge is 2.84. The van der Waals surface area contributed by atoms with Gasteiger partial charge < -0.3 is 11.5 Å². The summed E-state index contributed by atoms with van der Waals surface area (Å²) in [4.78, 5) is 0.986. The van der Waals surface area contributed by atoms with E-state index in [4.69, 9.17) is 11.5 Å². The lowest BCUT2D eigenvalue weighted by molar-refractivity contribution is -0.257. The van der Waals surface area contributed by atoms with Crippen molar-refractivity contribution in [2.24, 2.45) is 0 Å². The van der Waals surface area contributed by atoms with Crippen LogP contribution in [0, 0.1) is 0 Å². The molecule has 4 aliphatic rings. The lowest BCUT2D eigenvalue weighted by atomic mass is 9.68. The molecule has 2 aromatic carbocycles. The second kappa shape index (κ2) is 5.71. The Morgan fingerprint density at radius 3 is 1.33 bits per heavy atom. The number of alkyl halides is 6. The molecule has 6 rings (SSSR count). The Morgan fingerprint density at radius 2 is 0.970 bits per heavy atom. The maximum atomic E-state index is 15.4. The van der Waals surface area contributed by atoms with Crippen molar-refractivity contribution in [3.8, 4) is 0 Å². The zero-order valence-electron chi connectivity index (χ0n) is 17.2. The molecule has 1 saturated carbocycles. The number of halogens is 6. The first-order valence-electron chi connectivity index (χ1n) is 10.0. The van der Waals surface area contributed by atoms with Crippen LogP contribution >= 0.6 is 23.5 Å². The molecule has 2 aliphatic carbocycles. The van der Waals surface area contributed by atoms with Gasteiger partial charge >= 0.3 is 17.8 Å². The van der Waals surface area contributed by atoms with Crippen molar-refractivity contribution in [2.75, 3.05) is 11.5 Å². The number of anilines is 2. The van der Waals surface area contributed by atoms with E-state index in [0.717, 1.165) is 0 Å². The Bertz CT molecular complexity index is 1260. The molecule has 2 heterocycles. The van der Waals surface area contributed by atoms with Crippen molar-refractivity contribution in [3.05, 3.63) is 58.7 Å². The zero-order valence-corrected chi connectivity index (χ0v) is 18.8. The molecule has 0 saturated heterocycles. The van der Waals surface area contributed by atoms with Crippen LogP contribution in [0.3, 0.4) is 0 Å². The molecule has 2 unspecified atom stereocenters. The number of nitrogen functional groups attached to an aromatic ring is 2. The van der Waals surface area contributed by atoms with E-state index >= 15 is 17.6 Å². The van der Waals surface area contributed by atoms with Crippen LogP contribution in [0.2, 0.25) is 0 Å². The van der Waals surface area contributed by atoms with Gasteiger partial charge in [0.25, 0.3) is 0 Å². The first kappa shape index (κ1) is 21.3. The van der Waals surface area contributed by atoms with Crippen LogP contribution < -0.4 is 11.5 Å². The van der Waals surface area contributed by atoms with Crippen molar-refractivity contribution >= 4 is 46.0 Å². The van der Waals surface area contributed by atoms with Crippen molar-refractivity contribution in [1.82, 2.24) is 0 Å². The summed E-state index contributed by atoms with van der Waals surface area (Å²) in [5.41, 5.74) is 10.0. The molecule has 2 aliphatic heterocycles. The van der Waals surface area contributed by atoms with Gasteiger partial charge in [-0.25, -0.2) is 0 Å². The van der Waals surface area contributed by atoms with Gasteiger partial charge in [0.05, 0.1) is 9.49 Å². The van der Waals surface area contributed by atoms with E-state index in [2.05, 4.69) is 0 Å². The Labute approximate surface area is 193 Å². The number of hydrogen-bond acceptors (Lipinski definition) is 4. The second-order valence-corrected chi connectivity index (χ2v) is 11.9. The molecular formula is C23H16F6N2S2. The molecule has 10 heteroatoms. The Kier molecular flexibility index (Phi) is 3.69. The molecule has 2 nitrogen and oxygen atoms in total. The highest BCUT2D eigenvalue weighted by Crippen LogP contribution is 2.78. The van der Waals surface area contributed by atoms with Crippen LogP contribution in [0.5, 0.6) is 0 Å².